The molecule has 0 spiro atoms. The van der Waals surface area contributed by atoms with E-state index >= 15 is 0 Å². The molecule has 0 fully saturated rings. The van der Waals surface area contributed by atoms with Gasteiger partial charge in [0.05, 0.1) is 5.41 Å². The second-order valence-electron chi connectivity index (χ2n) is 3.54. The van der Waals surface area contributed by atoms with Crippen LogP contribution in [0.2, 0.25) is 0 Å². The Labute approximate surface area is 85.1 Å². The van der Waals surface area contributed by atoms with Crippen molar-refractivity contribution in [3.8, 4) is 0 Å². The van der Waals surface area contributed by atoms with E-state index in [9.17, 15) is 18.0 Å². The molecule has 0 radical (unpaired) electrons. The number of nitrogens with zero attached hydrogens (tertiary/aromatic N) is 1. The molecular formula is C8H13F3N2O2. The molecule has 0 aliphatic carbocycles. The average molecular weight is 226 g/mol. The lowest BCUT2D eigenvalue weighted by atomic mass is 9.78. The Morgan fingerprint density at radius 2 is 1.93 bits per heavy atom. The minimum atomic E-state index is -3.05. The number of amides is 1. The van der Waals surface area contributed by atoms with Gasteiger partial charge in [0.2, 0.25) is 11.9 Å². The van der Waals surface area contributed by atoms with Crippen LogP contribution in [0.25, 0.3) is 0 Å². The fraction of sp³-hybridized carbons (Fsp3) is 0.750. The number of nitrogens with one attached hydrogen (secondary N) is 1. The van der Waals surface area contributed by atoms with Gasteiger partial charge in [-0.25, -0.2) is 8.78 Å². The average Bonchev–Trinajstić information content (AvgIpc) is 2.15. The molecule has 1 atom stereocenters. The van der Waals surface area contributed by atoms with Gasteiger partial charge in [-0.1, -0.05) is 19.0 Å². The third-order valence-electron chi connectivity index (χ3n) is 2.18. The molecule has 15 heavy (non-hydrogen) atoms. The van der Waals surface area contributed by atoms with E-state index in [1.807, 2.05) is 5.32 Å². The van der Waals surface area contributed by atoms with Crippen LogP contribution in [0.15, 0.2) is 5.16 Å². The number of carbonyl (C=O) groups is 1. The lowest BCUT2D eigenvalue weighted by Gasteiger charge is -2.29. The van der Waals surface area contributed by atoms with Crippen LogP contribution < -0.4 is 5.32 Å². The van der Waals surface area contributed by atoms with Crippen molar-refractivity contribution in [2.24, 2.45) is 16.5 Å². The fourth-order valence-electron chi connectivity index (χ4n) is 1.17. The minimum absolute atomic E-state index is 1.01. The Morgan fingerprint density at radius 3 is 2.20 bits per heavy atom. The molecule has 0 saturated carbocycles. The fourth-order valence-corrected chi connectivity index (χ4v) is 1.17. The zero-order valence-corrected chi connectivity index (χ0v) is 8.59. The predicted molar refractivity (Wildman–Crippen MR) is 47.7 cm³/mol. The molecule has 0 aromatic heterocycles. The van der Waals surface area contributed by atoms with Gasteiger partial charge in [0.15, 0.2) is 0 Å². The summed E-state index contributed by atoms with van der Waals surface area (Å²) in [5.41, 5.74) is -1.86. The summed E-state index contributed by atoms with van der Waals surface area (Å²) < 4.78 is 38.1. The first-order chi connectivity index (χ1) is 6.78. The maximum absolute atomic E-state index is 13.0. The van der Waals surface area contributed by atoms with Crippen molar-refractivity contribution in [3.05, 3.63) is 0 Å². The number of hydrogen-bond donors (Lipinski definition) is 2. The second kappa shape index (κ2) is 4.99. The molecule has 0 rings (SSSR count). The molecule has 88 valence electrons. The van der Waals surface area contributed by atoms with Gasteiger partial charge in [-0.05, 0) is 0 Å². The summed E-state index contributed by atoms with van der Waals surface area (Å²) >= 11 is 0. The van der Waals surface area contributed by atoms with Gasteiger partial charge < -0.3 is 10.5 Å². The minimum Gasteiger partial charge on any atom is -0.409 e. The van der Waals surface area contributed by atoms with Crippen LogP contribution >= 0.6 is 0 Å². The van der Waals surface area contributed by atoms with Crippen LogP contribution in [0.1, 0.15) is 13.8 Å². The van der Waals surface area contributed by atoms with Gasteiger partial charge in [-0.15, -0.1) is 0 Å². The van der Waals surface area contributed by atoms with Crippen LogP contribution in [0, 0.1) is 11.3 Å². The van der Waals surface area contributed by atoms with Crippen LogP contribution in [-0.4, -0.2) is 30.6 Å². The van der Waals surface area contributed by atoms with Gasteiger partial charge in [0.25, 0.3) is 6.43 Å². The first-order valence-electron chi connectivity index (χ1n) is 4.16. The summed E-state index contributed by atoms with van der Waals surface area (Å²) in [4.78, 5) is 11.1. The number of carbonyl (C=O) groups excluding carboxylic acids is 1. The Hall–Kier alpha value is -1.27. The zero-order valence-electron chi connectivity index (χ0n) is 8.59. The van der Waals surface area contributed by atoms with Crippen molar-refractivity contribution in [2.75, 3.05) is 7.05 Å². The van der Waals surface area contributed by atoms with Crippen molar-refractivity contribution in [1.82, 2.24) is 5.32 Å². The Bertz CT molecular complexity index is 267. The summed E-state index contributed by atoms with van der Waals surface area (Å²) in [6.45, 7) is 2.13. The van der Waals surface area contributed by atoms with Crippen molar-refractivity contribution < 1.29 is 23.2 Å². The molecule has 1 amide bonds. The quantitative estimate of drug-likeness (QED) is 0.432. The third kappa shape index (κ3) is 2.84. The van der Waals surface area contributed by atoms with E-state index in [1.54, 1.807) is 0 Å². The van der Waals surface area contributed by atoms with Crippen molar-refractivity contribution in [3.63, 3.8) is 0 Å². The highest BCUT2D eigenvalue weighted by Crippen LogP contribution is 2.34. The Kier molecular flexibility index (Phi) is 4.57. The normalized spacial score (nSPS) is 15.3. The zero-order chi connectivity index (χ0) is 12.2. The molecule has 0 aliphatic rings. The van der Waals surface area contributed by atoms with Crippen LogP contribution in [0.4, 0.5) is 13.2 Å². The van der Waals surface area contributed by atoms with Gasteiger partial charge in [-0.3, -0.25) is 4.79 Å². The van der Waals surface area contributed by atoms with E-state index in [-0.39, 0.29) is 0 Å². The maximum Gasteiger partial charge on any atom is 0.251 e. The molecular weight excluding hydrogens is 213 g/mol. The maximum atomic E-state index is 13.0. The molecule has 1 unspecified atom stereocenters. The molecule has 7 heteroatoms. The standard InChI is InChI=1S/C8H13F3N2O2/c1-8(2,7(11)13-15)4(5(9)10)6(14)12-3/h4-5,15H,1-3H3,(H,12,14)/b13-7-. The van der Waals surface area contributed by atoms with E-state index in [0.717, 1.165) is 13.8 Å². The molecule has 0 saturated heterocycles. The monoisotopic (exact) mass is 226 g/mol. The summed E-state index contributed by atoms with van der Waals surface area (Å²) in [7, 11) is 1.17. The highest BCUT2D eigenvalue weighted by molar-refractivity contribution is 5.89. The summed E-state index contributed by atoms with van der Waals surface area (Å²) in [5.74, 6) is -4.32. The van der Waals surface area contributed by atoms with Crippen molar-refractivity contribution in [1.29, 1.82) is 0 Å². The van der Waals surface area contributed by atoms with Crippen LogP contribution in [0.3, 0.4) is 0 Å². The number of alkyl halides is 2. The molecule has 0 aromatic rings. The first kappa shape index (κ1) is 13.7. The molecule has 0 aromatic carbocycles. The predicted octanol–water partition coefficient (Wildman–Crippen LogP) is 1.40. The molecule has 4 nitrogen and oxygen atoms in total. The van der Waals surface area contributed by atoms with Gasteiger partial charge in [0, 0.05) is 7.05 Å². The summed E-state index contributed by atoms with van der Waals surface area (Å²) in [6.07, 6.45) is -3.05. The van der Waals surface area contributed by atoms with Crippen molar-refractivity contribution >= 4 is 11.9 Å². The van der Waals surface area contributed by atoms with E-state index in [1.165, 1.54) is 7.05 Å². The first-order valence-corrected chi connectivity index (χ1v) is 4.16. The number of halogens is 3. The summed E-state index contributed by atoms with van der Waals surface area (Å²) in [6, 6.07) is 0. The molecule has 2 N–H and O–H groups in total. The van der Waals surface area contributed by atoms with Gasteiger partial charge in [0.1, 0.15) is 5.92 Å². The molecule has 0 bridgehead atoms. The lowest BCUT2D eigenvalue weighted by molar-refractivity contribution is -0.133. The number of oxime groups is 1. The SMILES string of the molecule is CNC(=O)C(C(F)F)C(C)(C)/C(F)=N/O. The Morgan fingerprint density at radius 1 is 1.47 bits per heavy atom. The van der Waals surface area contributed by atoms with E-state index in [4.69, 9.17) is 5.21 Å². The largest absolute Gasteiger partial charge is 0.409 e. The van der Waals surface area contributed by atoms with E-state index in [0.29, 0.717) is 0 Å². The molecule has 0 aliphatic heterocycles. The summed E-state index contributed by atoms with van der Waals surface area (Å²) in [5, 5.41) is 12.4. The molecule has 0 heterocycles. The van der Waals surface area contributed by atoms with E-state index < -0.39 is 29.6 Å². The highest BCUT2D eigenvalue weighted by atomic mass is 19.3. The third-order valence-corrected chi connectivity index (χ3v) is 2.18. The smallest absolute Gasteiger partial charge is 0.251 e. The van der Waals surface area contributed by atoms with Crippen LogP contribution in [0.5, 0.6) is 0 Å². The second-order valence-corrected chi connectivity index (χ2v) is 3.54. The van der Waals surface area contributed by atoms with Gasteiger partial charge >= 0.3 is 0 Å². The highest BCUT2D eigenvalue weighted by Gasteiger charge is 2.46. The van der Waals surface area contributed by atoms with Gasteiger partial charge in [-0.2, -0.15) is 4.39 Å². The van der Waals surface area contributed by atoms with Crippen molar-refractivity contribution in [2.45, 2.75) is 20.3 Å². The topological polar surface area (TPSA) is 61.7 Å². The van der Waals surface area contributed by atoms with Crippen LogP contribution in [-0.2, 0) is 4.79 Å². The van der Waals surface area contributed by atoms with E-state index in [2.05, 4.69) is 5.16 Å². The Balaban J connectivity index is 5.16. The number of rotatable bonds is 4. The number of hydrogen-bond acceptors (Lipinski definition) is 3. The lowest BCUT2D eigenvalue weighted by Crippen LogP contribution is -2.45.